The fourth-order valence-corrected chi connectivity index (χ4v) is 10.4. The van der Waals surface area contributed by atoms with Gasteiger partial charge in [-0.1, -0.05) is 114 Å². The summed E-state index contributed by atoms with van der Waals surface area (Å²) in [6.45, 7) is 6.21. The number of halogens is 10. The van der Waals surface area contributed by atoms with Crippen molar-refractivity contribution in [1.82, 2.24) is 0 Å². The van der Waals surface area contributed by atoms with Gasteiger partial charge in [0, 0.05) is 0 Å². The van der Waals surface area contributed by atoms with Gasteiger partial charge in [0.15, 0.2) is 24.4 Å². The van der Waals surface area contributed by atoms with E-state index in [9.17, 15) is 48.1 Å². The second kappa shape index (κ2) is 30.0. The van der Waals surface area contributed by atoms with Gasteiger partial charge in [-0.05, 0) is 85.6 Å². The van der Waals surface area contributed by atoms with Crippen LogP contribution in [-0.4, -0.2) is 48.5 Å². The van der Waals surface area contributed by atoms with Crippen LogP contribution in [0.15, 0.2) is 109 Å². The molecule has 4 aromatic rings. The molecule has 0 aliphatic carbocycles. The normalized spacial score (nSPS) is 12.1. The van der Waals surface area contributed by atoms with E-state index in [-0.39, 0.29) is 42.4 Å². The summed E-state index contributed by atoms with van der Waals surface area (Å²) in [5.74, 6) is -12.4. The molecule has 4 rings (SSSR count). The standard InChI is InChI=1S/2C20H26IO.C4H2F8O6S2/c2*1-2-3-4-5-6-10-17-22-20-15-13-19(14-16-20)21-18-11-8-7-9-12-18;5-1(6,3(9,10)19-18-17-13)2(7,8)4(11,12)20(14,15)16/h2*7-9,11-16H,2-6,10,17H2,1H3;13H,(H,14,15,16)/q2*+1;/p-2. The third-order valence-electron chi connectivity index (χ3n) is 8.67. The largest absolute Gasteiger partial charge is 0.743 e. The van der Waals surface area contributed by atoms with Gasteiger partial charge in [-0.25, -0.2) is 8.42 Å². The van der Waals surface area contributed by atoms with Crippen molar-refractivity contribution in [1.29, 1.82) is 0 Å². The van der Waals surface area contributed by atoms with Crippen molar-refractivity contribution in [3.05, 3.63) is 123 Å². The molecule has 0 aliphatic heterocycles. The van der Waals surface area contributed by atoms with Gasteiger partial charge in [0.1, 0.15) is 23.5 Å². The van der Waals surface area contributed by atoms with Gasteiger partial charge in [-0.3, -0.25) is 5.04 Å². The summed E-state index contributed by atoms with van der Waals surface area (Å²) >= 11 is -2.22. The van der Waals surface area contributed by atoms with E-state index in [1.54, 1.807) is 0 Å². The highest BCUT2D eigenvalue weighted by Crippen LogP contribution is 2.57. The van der Waals surface area contributed by atoms with Crippen molar-refractivity contribution in [2.75, 3.05) is 13.2 Å². The average molecular weight is 1180 g/mol. The van der Waals surface area contributed by atoms with Crippen LogP contribution in [0.4, 0.5) is 35.1 Å². The van der Waals surface area contributed by atoms with E-state index >= 15 is 0 Å². The first-order valence-corrected chi connectivity index (χ1v) is 26.8. The molecule has 0 spiro atoms. The minimum absolute atomic E-state index is 0.0655. The van der Waals surface area contributed by atoms with Crippen molar-refractivity contribution in [2.45, 2.75) is 113 Å². The van der Waals surface area contributed by atoms with Crippen molar-refractivity contribution in [2.24, 2.45) is 0 Å². The van der Waals surface area contributed by atoms with Crippen LogP contribution in [0.25, 0.3) is 0 Å². The Kier molecular flexibility index (Phi) is 27.0. The third kappa shape index (κ3) is 20.2. The maximum absolute atomic E-state index is 12.7. The second-order valence-electron chi connectivity index (χ2n) is 13.8. The van der Waals surface area contributed by atoms with Crippen LogP contribution >= 0.6 is 12.0 Å². The van der Waals surface area contributed by atoms with Gasteiger partial charge in [-0.15, -0.1) is 0 Å². The van der Waals surface area contributed by atoms with Gasteiger partial charge < -0.3 is 19.3 Å². The first kappa shape index (κ1) is 57.6. The highest BCUT2D eigenvalue weighted by atomic mass is 127. The predicted octanol–water partition coefficient (Wildman–Crippen LogP) is 5.97. The van der Waals surface area contributed by atoms with Crippen LogP contribution in [0.3, 0.4) is 0 Å². The van der Waals surface area contributed by atoms with E-state index in [4.69, 9.17) is 14.7 Å². The number of benzene rings is 4. The van der Waals surface area contributed by atoms with Gasteiger partial charge in [-0.2, -0.15) is 39.5 Å². The van der Waals surface area contributed by atoms with Crippen molar-refractivity contribution in [3.8, 4) is 11.5 Å². The molecule has 4 aromatic carbocycles. The molecule has 0 amide bonds. The average Bonchev–Trinajstić information content (AvgIpc) is 3.27. The minimum Gasteiger partial charge on any atom is -0.743 e. The smallest absolute Gasteiger partial charge is 0.402 e. The lowest BCUT2D eigenvalue weighted by molar-refractivity contribution is -0.777. The first-order chi connectivity index (χ1) is 30.3. The van der Waals surface area contributed by atoms with Crippen LogP contribution < -0.4 is 57.1 Å². The molecule has 0 heterocycles. The molecule has 0 unspecified atom stereocenters. The Morgan fingerprint density at radius 3 is 1.20 bits per heavy atom. The van der Waals surface area contributed by atoms with E-state index in [1.165, 1.54) is 91.3 Å². The topological polar surface area (TPSA) is 117 Å². The van der Waals surface area contributed by atoms with E-state index in [0.29, 0.717) is 0 Å². The van der Waals surface area contributed by atoms with Gasteiger partial charge in [0.25, 0.3) is 0 Å². The van der Waals surface area contributed by atoms with Crippen molar-refractivity contribution in [3.63, 3.8) is 0 Å². The lowest BCUT2D eigenvalue weighted by atomic mass is 10.1. The Morgan fingerprint density at radius 1 is 0.516 bits per heavy atom. The molecule has 8 nitrogen and oxygen atoms in total. The van der Waals surface area contributed by atoms with Crippen LogP contribution in [0.2, 0.25) is 0 Å². The zero-order valence-corrected chi connectivity index (χ0v) is 41.1. The molecule has 0 fully saturated rings. The first-order valence-electron chi connectivity index (χ1n) is 20.3. The van der Waals surface area contributed by atoms with E-state index in [0.717, 1.165) is 24.7 Å². The maximum atomic E-state index is 12.7. The molecule has 0 aliphatic rings. The van der Waals surface area contributed by atoms with Crippen LogP contribution in [0, 0.1) is 14.3 Å². The fraction of sp³-hybridized carbons (Fsp3) is 0.455. The number of alkyl halides is 8. The van der Waals surface area contributed by atoms with E-state index < -0.39 is 44.5 Å². The Balaban J connectivity index is 0.000000331. The molecule has 20 heteroatoms. The Bertz CT molecular complexity index is 1840. The zero-order chi connectivity index (χ0) is 47.5. The summed E-state index contributed by atoms with van der Waals surface area (Å²) in [6.07, 6.45) is 15.7. The molecule has 0 N–H and O–H groups in total. The number of unbranched alkanes of at least 4 members (excludes halogenated alkanes) is 10. The lowest BCUT2D eigenvalue weighted by Crippen LogP contribution is -3.61. The molecule has 0 atom stereocenters. The second-order valence-corrected chi connectivity index (χ2v) is 22.1. The van der Waals surface area contributed by atoms with Gasteiger partial charge >= 0.3 is 64.8 Å². The molecule has 0 aromatic heterocycles. The predicted molar refractivity (Wildman–Crippen MR) is 218 cm³/mol. The van der Waals surface area contributed by atoms with Gasteiger partial charge in [0.2, 0.25) is 0 Å². The van der Waals surface area contributed by atoms with Crippen LogP contribution in [0.1, 0.15) is 90.9 Å². The van der Waals surface area contributed by atoms with Gasteiger partial charge in [0.05, 0.1) is 13.2 Å². The number of hydrogen-bond acceptors (Lipinski definition) is 9. The number of rotatable bonds is 27. The Hall–Kier alpha value is -2.48. The van der Waals surface area contributed by atoms with Crippen molar-refractivity contribution >= 4 is 22.2 Å². The Morgan fingerprint density at radius 2 is 0.859 bits per heavy atom. The molecular formula is C44H52F8I2O8S2. The third-order valence-corrected chi connectivity index (χ3v) is 15.5. The highest BCUT2D eigenvalue weighted by Gasteiger charge is 2.83. The molecule has 0 saturated heterocycles. The molecule has 0 radical (unpaired) electrons. The summed E-state index contributed by atoms with van der Waals surface area (Å²) in [7, 11) is -7.41. The lowest BCUT2D eigenvalue weighted by Gasteiger charge is -2.36. The summed E-state index contributed by atoms with van der Waals surface area (Å²) in [5.41, 5.74) is 0. The maximum Gasteiger partial charge on any atom is 0.402 e. The minimum atomic E-state index is -7.41. The summed E-state index contributed by atoms with van der Waals surface area (Å²) in [4.78, 5) is 0. The summed E-state index contributed by atoms with van der Waals surface area (Å²) < 4.78 is 150. The number of ether oxygens (including phenoxy) is 2. The highest BCUT2D eigenvalue weighted by molar-refractivity contribution is 7.95. The SMILES string of the molecule is CCCCCCCCOc1ccc([I+]c2ccccc2)cc1.CCCCCCCCOc1ccc([I+]c2ccccc2)cc1.O=S(=O)([O-])C(F)(F)C(F)(F)C(F)(F)C(F)(F)SOO[O-]. The van der Waals surface area contributed by atoms with E-state index in [1.807, 2.05) is 0 Å². The molecule has 0 saturated carbocycles. The number of hydrogen-bond donors (Lipinski definition) is 0. The van der Waals surface area contributed by atoms with Crippen LogP contribution in [-0.2, 0) is 19.5 Å². The van der Waals surface area contributed by atoms with Crippen LogP contribution in [0.5, 0.6) is 11.5 Å². The van der Waals surface area contributed by atoms with E-state index in [2.05, 4.69) is 132 Å². The Labute approximate surface area is 395 Å². The zero-order valence-electron chi connectivity index (χ0n) is 35.2. The summed E-state index contributed by atoms with van der Waals surface area (Å²) in [6, 6.07) is 38.9. The monoisotopic (exact) mass is 1180 g/mol. The fourth-order valence-electron chi connectivity index (χ4n) is 5.17. The van der Waals surface area contributed by atoms with Crippen molar-refractivity contribution < 1.29 is 115 Å². The molecule has 358 valence electrons. The molecule has 64 heavy (non-hydrogen) atoms. The molecule has 0 bridgehead atoms. The summed E-state index contributed by atoms with van der Waals surface area (Å²) in [5, 5.41) is -2.07. The molecular weight excluding hydrogens is 1130 g/mol. The quantitative estimate of drug-likeness (QED) is 0.0136.